The molecule has 1 saturated heterocycles. The smallest absolute Gasteiger partial charge is 0.410 e. The summed E-state index contributed by atoms with van der Waals surface area (Å²) in [6, 6.07) is 3.04. The van der Waals surface area contributed by atoms with Crippen molar-refractivity contribution in [3.05, 3.63) is 36.1 Å². The van der Waals surface area contributed by atoms with Gasteiger partial charge in [-0.3, -0.25) is 4.98 Å². The quantitative estimate of drug-likeness (QED) is 0.787. The Morgan fingerprint density at radius 2 is 2.00 bits per heavy atom. The predicted molar refractivity (Wildman–Crippen MR) is 89.7 cm³/mol. The van der Waals surface area contributed by atoms with E-state index in [0.717, 1.165) is 18.4 Å². The zero-order valence-corrected chi connectivity index (χ0v) is 14.7. The lowest BCUT2D eigenvalue weighted by molar-refractivity contribution is 0.0199. The number of hydrogen-bond acceptors (Lipinski definition) is 4. The summed E-state index contributed by atoms with van der Waals surface area (Å²) >= 11 is 0. The Balaban J connectivity index is 2.02. The van der Waals surface area contributed by atoms with Crippen LogP contribution in [0.3, 0.4) is 0 Å². The Morgan fingerprint density at radius 3 is 2.50 bits per heavy atom. The maximum Gasteiger partial charge on any atom is 0.410 e. The Bertz CT molecular complexity index is 585. The third-order valence-electron chi connectivity index (χ3n) is 3.85. The zero-order chi connectivity index (χ0) is 17.7. The van der Waals surface area contributed by atoms with Crippen molar-refractivity contribution in [3.8, 4) is 0 Å². The molecule has 1 aromatic rings. The highest BCUT2D eigenvalue weighted by Gasteiger charge is 2.29. The molecule has 1 fully saturated rings. The van der Waals surface area contributed by atoms with E-state index in [-0.39, 0.29) is 17.8 Å². The molecule has 1 aliphatic rings. The van der Waals surface area contributed by atoms with Crippen molar-refractivity contribution in [3.63, 3.8) is 0 Å². The molecule has 1 aromatic heterocycles. The van der Waals surface area contributed by atoms with Gasteiger partial charge in [0.1, 0.15) is 11.4 Å². The highest BCUT2D eigenvalue weighted by molar-refractivity contribution is 5.69. The maximum absolute atomic E-state index is 13.1. The van der Waals surface area contributed by atoms with Crippen LogP contribution in [0.5, 0.6) is 0 Å². The number of piperidine rings is 1. The summed E-state index contributed by atoms with van der Waals surface area (Å²) in [5.41, 5.74) is 1.14. The monoisotopic (exact) mass is 336 g/mol. The molecule has 0 aromatic carbocycles. The SMILES string of the molecule is CO/C=C(/c1ccc(F)cn1)C1CCN(C(=O)OC(C)(C)C)CC1. The number of amides is 1. The van der Waals surface area contributed by atoms with Gasteiger partial charge in [0.05, 0.1) is 25.3 Å². The van der Waals surface area contributed by atoms with Crippen LogP contribution < -0.4 is 0 Å². The van der Waals surface area contributed by atoms with E-state index in [2.05, 4.69) is 4.98 Å². The minimum absolute atomic E-state index is 0.210. The van der Waals surface area contributed by atoms with Gasteiger partial charge in [0.2, 0.25) is 0 Å². The molecule has 0 spiro atoms. The van der Waals surface area contributed by atoms with Crippen LogP contribution in [-0.2, 0) is 9.47 Å². The second-order valence-corrected chi connectivity index (χ2v) is 6.91. The van der Waals surface area contributed by atoms with Crippen LogP contribution in [0.4, 0.5) is 9.18 Å². The van der Waals surface area contributed by atoms with Crippen LogP contribution in [0.15, 0.2) is 24.6 Å². The number of carbonyl (C=O) groups is 1. The Labute approximate surface area is 142 Å². The van der Waals surface area contributed by atoms with Gasteiger partial charge in [-0.2, -0.15) is 0 Å². The highest BCUT2D eigenvalue weighted by atomic mass is 19.1. The first-order valence-electron chi connectivity index (χ1n) is 8.13. The average molecular weight is 336 g/mol. The Hall–Kier alpha value is -2.11. The minimum atomic E-state index is -0.493. The van der Waals surface area contributed by atoms with Crippen molar-refractivity contribution in [2.24, 2.45) is 5.92 Å². The third-order valence-corrected chi connectivity index (χ3v) is 3.85. The van der Waals surface area contributed by atoms with E-state index in [1.165, 1.54) is 12.3 Å². The number of allylic oxidation sites excluding steroid dienone is 1. The number of hydrogen-bond donors (Lipinski definition) is 0. The summed E-state index contributed by atoms with van der Waals surface area (Å²) < 4.78 is 23.7. The van der Waals surface area contributed by atoms with E-state index in [4.69, 9.17) is 9.47 Å². The molecule has 2 heterocycles. The molecule has 6 heteroatoms. The average Bonchev–Trinajstić information content (AvgIpc) is 2.52. The van der Waals surface area contributed by atoms with Crippen molar-refractivity contribution in [1.29, 1.82) is 0 Å². The van der Waals surface area contributed by atoms with E-state index < -0.39 is 5.60 Å². The molecular formula is C18H25FN2O3. The summed E-state index contributed by atoms with van der Waals surface area (Å²) in [6.07, 6.45) is 4.15. The van der Waals surface area contributed by atoms with Gasteiger partial charge in [-0.1, -0.05) is 0 Å². The molecule has 0 unspecified atom stereocenters. The first-order chi connectivity index (χ1) is 11.3. The van der Waals surface area contributed by atoms with Crippen molar-refractivity contribution < 1.29 is 18.7 Å². The number of methoxy groups -OCH3 is 1. The number of carbonyl (C=O) groups excluding carboxylic acids is 1. The lowest BCUT2D eigenvalue weighted by Crippen LogP contribution is -2.41. The molecule has 0 N–H and O–H groups in total. The van der Waals surface area contributed by atoms with Crippen LogP contribution in [-0.4, -0.2) is 41.8 Å². The molecule has 1 aliphatic heterocycles. The van der Waals surface area contributed by atoms with E-state index in [9.17, 15) is 9.18 Å². The van der Waals surface area contributed by atoms with Crippen LogP contribution in [0.2, 0.25) is 0 Å². The third kappa shape index (κ3) is 4.94. The standard InChI is InChI=1S/C18H25FN2O3/c1-18(2,3)24-17(22)21-9-7-13(8-10-21)15(12-23-4)16-6-5-14(19)11-20-16/h5-6,11-13H,7-10H2,1-4H3/b15-12+. The lowest BCUT2D eigenvalue weighted by atomic mass is 9.88. The number of nitrogens with zero attached hydrogens (tertiary/aromatic N) is 2. The van der Waals surface area contributed by atoms with Crippen molar-refractivity contribution >= 4 is 11.7 Å². The van der Waals surface area contributed by atoms with Crippen LogP contribution in [0, 0.1) is 11.7 Å². The summed E-state index contributed by atoms with van der Waals surface area (Å²) in [5.74, 6) is -0.156. The molecule has 132 valence electrons. The molecule has 5 nitrogen and oxygen atoms in total. The summed E-state index contributed by atoms with van der Waals surface area (Å²) in [6.45, 7) is 6.80. The van der Waals surface area contributed by atoms with Gasteiger partial charge >= 0.3 is 6.09 Å². The van der Waals surface area contributed by atoms with Gasteiger partial charge in [-0.05, 0) is 51.7 Å². The number of pyridine rings is 1. The fourth-order valence-corrected chi connectivity index (χ4v) is 2.74. The van der Waals surface area contributed by atoms with E-state index in [1.807, 2.05) is 20.8 Å². The lowest BCUT2D eigenvalue weighted by Gasteiger charge is -2.34. The van der Waals surface area contributed by atoms with Crippen LogP contribution in [0.25, 0.3) is 5.57 Å². The fourth-order valence-electron chi connectivity index (χ4n) is 2.74. The van der Waals surface area contributed by atoms with Gasteiger partial charge in [0, 0.05) is 18.7 Å². The van der Waals surface area contributed by atoms with Crippen LogP contribution in [0.1, 0.15) is 39.3 Å². The minimum Gasteiger partial charge on any atom is -0.504 e. The summed E-state index contributed by atoms with van der Waals surface area (Å²) in [4.78, 5) is 18.0. The molecular weight excluding hydrogens is 311 g/mol. The number of likely N-dealkylation sites (tertiary alicyclic amines) is 1. The number of aromatic nitrogens is 1. The van der Waals surface area contributed by atoms with Crippen molar-refractivity contribution in [2.45, 2.75) is 39.2 Å². The zero-order valence-electron chi connectivity index (χ0n) is 14.7. The summed E-state index contributed by atoms with van der Waals surface area (Å²) in [7, 11) is 1.58. The molecule has 0 radical (unpaired) electrons. The molecule has 1 amide bonds. The number of halogens is 1. The van der Waals surface area contributed by atoms with Gasteiger partial charge < -0.3 is 14.4 Å². The molecule has 0 bridgehead atoms. The van der Waals surface area contributed by atoms with E-state index in [0.29, 0.717) is 18.8 Å². The Morgan fingerprint density at radius 1 is 1.33 bits per heavy atom. The van der Waals surface area contributed by atoms with Gasteiger partial charge in [-0.15, -0.1) is 0 Å². The maximum atomic E-state index is 13.1. The molecule has 0 saturated carbocycles. The topological polar surface area (TPSA) is 51.7 Å². The number of rotatable bonds is 3. The normalized spacial score (nSPS) is 16.9. The first-order valence-corrected chi connectivity index (χ1v) is 8.13. The van der Waals surface area contributed by atoms with E-state index >= 15 is 0 Å². The number of ether oxygens (including phenoxy) is 2. The highest BCUT2D eigenvalue weighted by Crippen LogP contribution is 2.31. The fraction of sp³-hybridized carbons (Fsp3) is 0.556. The first kappa shape index (κ1) is 18.2. The molecule has 0 atom stereocenters. The van der Waals surface area contributed by atoms with Crippen molar-refractivity contribution in [2.75, 3.05) is 20.2 Å². The predicted octanol–water partition coefficient (Wildman–Crippen LogP) is 3.86. The van der Waals surface area contributed by atoms with E-state index in [1.54, 1.807) is 24.3 Å². The molecule has 0 aliphatic carbocycles. The second-order valence-electron chi connectivity index (χ2n) is 6.91. The van der Waals surface area contributed by atoms with Gasteiger partial charge in [0.25, 0.3) is 0 Å². The summed E-state index contributed by atoms with van der Waals surface area (Å²) in [5, 5.41) is 0. The molecule has 24 heavy (non-hydrogen) atoms. The van der Waals surface area contributed by atoms with Gasteiger partial charge in [0.15, 0.2) is 0 Å². The molecule has 2 rings (SSSR count). The van der Waals surface area contributed by atoms with Crippen LogP contribution >= 0.6 is 0 Å². The largest absolute Gasteiger partial charge is 0.504 e. The Kier molecular flexibility index (Phi) is 5.80. The second kappa shape index (κ2) is 7.64. The van der Waals surface area contributed by atoms with Gasteiger partial charge in [-0.25, -0.2) is 9.18 Å². The van der Waals surface area contributed by atoms with Crippen molar-refractivity contribution in [1.82, 2.24) is 9.88 Å².